The number of aliphatic carboxylic acids is 1. The fraction of sp³-hybridized carbons (Fsp3) is 0.500. The Morgan fingerprint density at radius 3 is 3.06 bits per heavy atom. The van der Waals surface area contributed by atoms with E-state index in [4.69, 9.17) is 21.4 Å². The number of ether oxygens (including phenoxy) is 1. The number of hydrogen-bond donors (Lipinski definition) is 1. The van der Waals surface area contributed by atoms with Gasteiger partial charge in [-0.15, -0.1) is 0 Å². The zero-order chi connectivity index (χ0) is 12.4. The van der Waals surface area contributed by atoms with E-state index in [1.165, 1.54) is 13.3 Å². The van der Waals surface area contributed by atoms with E-state index in [0.29, 0.717) is 30.4 Å². The third-order valence-electron chi connectivity index (χ3n) is 2.72. The molecule has 1 N–H and O–H groups in total. The monoisotopic (exact) mass is 257 g/mol. The maximum atomic E-state index is 10.9. The Morgan fingerprint density at radius 2 is 2.47 bits per heavy atom. The molecule has 7 heteroatoms. The summed E-state index contributed by atoms with van der Waals surface area (Å²) in [5.74, 6) is -0.626. The number of carboxylic acids is 1. The van der Waals surface area contributed by atoms with Crippen molar-refractivity contribution in [3.05, 3.63) is 11.2 Å². The lowest BCUT2D eigenvalue weighted by Gasteiger charge is -2.18. The highest BCUT2D eigenvalue weighted by Gasteiger charge is 2.30. The molecule has 17 heavy (non-hydrogen) atoms. The van der Waals surface area contributed by atoms with Gasteiger partial charge in [0.25, 0.3) is 0 Å². The van der Waals surface area contributed by atoms with E-state index in [1.807, 2.05) is 4.90 Å². The lowest BCUT2D eigenvalue weighted by molar-refractivity contribution is -0.140. The van der Waals surface area contributed by atoms with Gasteiger partial charge in [0, 0.05) is 13.1 Å². The summed E-state index contributed by atoms with van der Waals surface area (Å²) in [5.41, 5.74) is 0. The van der Waals surface area contributed by atoms with Crippen LogP contribution < -0.4 is 9.64 Å². The van der Waals surface area contributed by atoms with Gasteiger partial charge in [0.05, 0.1) is 19.2 Å². The number of halogens is 1. The molecule has 2 rings (SSSR count). The number of carbonyl (C=O) groups is 1. The molecule has 1 aliphatic heterocycles. The second kappa shape index (κ2) is 4.75. The van der Waals surface area contributed by atoms with Crippen LogP contribution in [0.4, 0.5) is 5.82 Å². The van der Waals surface area contributed by atoms with E-state index in [9.17, 15) is 4.79 Å². The Labute approximate surface area is 103 Å². The van der Waals surface area contributed by atoms with Gasteiger partial charge < -0.3 is 14.7 Å². The lowest BCUT2D eigenvalue weighted by atomic mass is 10.1. The van der Waals surface area contributed by atoms with E-state index in [2.05, 4.69) is 9.97 Å². The van der Waals surface area contributed by atoms with Crippen molar-refractivity contribution in [1.82, 2.24) is 9.97 Å². The first-order chi connectivity index (χ1) is 8.11. The lowest BCUT2D eigenvalue weighted by Crippen LogP contribution is -2.24. The van der Waals surface area contributed by atoms with Crippen molar-refractivity contribution in [2.45, 2.75) is 6.42 Å². The highest BCUT2D eigenvalue weighted by molar-refractivity contribution is 6.32. The van der Waals surface area contributed by atoms with E-state index < -0.39 is 5.97 Å². The van der Waals surface area contributed by atoms with Gasteiger partial charge in [-0.25, -0.2) is 4.98 Å². The topological polar surface area (TPSA) is 75.5 Å². The Balaban J connectivity index is 2.20. The highest BCUT2D eigenvalue weighted by atomic mass is 35.5. The summed E-state index contributed by atoms with van der Waals surface area (Å²) in [6.07, 6.45) is 2.05. The summed E-state index contributed by atoms with van der Waals surface area (Å²) in [6.45, 7) is 1.03. The predicted molar refractivity (Wildman–Crippen MR) is 61.5 cm³/mol. The number of carboxylic acid groups (broad SMARTS) is 1. The molecule has 1 saturated heterocycles. The second-order valence-corrected chi connectivity index (χ2v) is 4.21. The van der Waals surface area contributed by atoms with Gasteiger partial charge in [-0.3, -0.25) is 4.79 Å². The summed E-state index contributed by atoms with van der Waals surface area (Å²) in [6, 6.07) is 0.225. The molecule has 1 atom stereocenters. The molecule has 92 valence electrons. The van der Waals surface area contributed by atoms with E-state index in [-0.39, 0.29) is 11.9 Å². The van der Waals surface area contributed by atoms with Crippen LogP contribution in [0.2, 0.25) is 5.02 Å². The summed E-state index contributed by atoms with van der Waals surface area (Å²) in [4.78, 5) is 20.7. The van der Waals surface area contributed by atoms with Crippen LogP contribution in [0.25, 0.3) is 0 Å². The summed E-state index contributed by atoms with van der Waals surface area (Å²) in [7, 11) is 1.47. The number of anilines is 1. The van der Waals surface area contributed by atoms with E-state index in [0.717, 1.165) is 0 Å². The van der Waals surface area contributed by atoms with Gasteiger partial charge in [0.2, 0.25) is 0 Å². The van der Waals surface area contributed by atoms with Crippen LogP contribution in [-0.2, 0) is 4.79 Å². The minimum absolute atomic E-state index is 0.225. The van der Waals surface area contributed by atoms with Gasteiger partial charge in [-0.1, -0.05) is 11.6 Å². The Kier molecular flexibility index (Phi) is 3.33. The number of methoxy groups -OCH3 is 1. The predicted octanol–water partition coefficient (Wildman–Crippen LogP) is 1.05. The maximum absolute atomic E-state index is 10.9. The van der Waals surface area contributed by atoms with Gasteiger partial charge in [-0.05, 0) is 6.42 Å². The molecule has 1 unspecified atom stereocenters. The molecule has 0 bridgehead atoms. The molecular weight excluding hydrogens is 246 g/mol. The molecule has 0 aliphatic carbocycles. The molecule has 1 aromatic rings. The summed E-state index contributed by atoms with van der Waals surface area (Å²) < 4.78 is 4.92. The quantitative estimate of drug-likeness (QED) is 0.872. The molecule has 6 nitrogen and oxygen atoms in total. The second-order valence-electron chi connectivity index (χ2n) is 3.80. The van der Waals surface area contributed by atoms with Crippen molar-refractivity contribution in [2.75, 3.05) is 25.1 Å². The van der Waals surface area contributed by atoms with Crippen LogP contribution in [0.1, 0.15) is 6.42 Å². The number of aromatic nitrogens is 2. The molecule has 0 aromatic carbocycles. The van der Waals surface area contributed by atoms with Gasteiger partial charge in [0.15, 0.2) is 5.82 Å². The Hall–Kier alpha value is -1.56. The first kappa shape index (κ1) is 11.9. The van der Waals surface area contributed by atoms with Gasteiger partial charge in [0.1, 0.15) is 5.02 Å². The van der Waals surface area contributed by atoms with Crippen molar-refractivity contribution in [1.29, 1.82) is 0 Å². The summed E-state index contributed by atoms with van der Waals surface area (Å²) >= 11 is 5.99. The third-order valence-corrected chi connectivity index (χ3v) is 2.99. The minimum Gasteiger partial charge on any atom is -0.481 e. The van der Waals surface area contributed by atoms with E-state index in [1.54, 1.807) is 0 Å². The molecule has 1 aliphatic rings. The van der Waals surface area contributed by atoms with Gasteiger partial charge in [-0.2, -0.15) is 4.98 Å². The minimum atomic E-state index is -0.787. The van der Waals surface area contributed by atoms with Crippen LogP contribution in [0, 0.1) is 5.92 Å². The molecular formula is C10H12ClN3O3. The van der Waals surface area contributed by atoms with Crippen molar-refractivity contribution in [3.8, 4) is 6.01 Å². The number of rotatable bonds is 3. The van der Waals surface area contributed by atoms with Crippen molar-refractivity contribution in [3.63, 3.8) is 0 Å². The van der Waals surface area contributed by atoms with Crippen LogP contribution >= 0.6 is 11.6 Å². The number of nitrogens with zero attached hydrogens (tertiary/aromatic N) is 3. The van der Waals surface area contributed by atoms with Crippen LogP contribution in [-0.4, -0.2) is 41.2 Å². The van der Waals surface area contributed by atoms with Crippen molar-refractivity contribution < 1.29 is 14.6 Å². The Bertz CT molecular complexity index is 441. The average Bonchev–Trinajstić information content (AvgIpc) is 2.79. The van der Waals surface area contributed by atoms with Crippen molar-refractivity contribution >= 4 is 23.4 Å². The SMILES string of the molecule is COc1ncc(Cl)c(N2CCC(C(=O)O)C2)n1. The fourth-order valence-electron chi connectivity index (χ4n) is 1.82. The zero-order valence-corrected chi connectivity index (χ0v) is 10.0. The maximum Gasteiger partial charge on any atom is 0.318 e. The molecule has 0 spiro atoms. The highest BCUT2D eigenvalue weighted by Crippen LogP contribution is 2.29. The fourth-order valence-corrected chi connectivity index (χ4v) is 2.03. The third kappa shape index (κ3) is 2.41. The molecule has 0 radical (unpaired) electrons. The first-order valence-electron chi connectivity index (χ1n) is 5.16. The van der Waals surface area contributed by atoms with Crippen LogP contribution in [0.3, 0.4) is 0 Å². The molecule has 2 heterocycles. The molecule has 1 fully saturated rings. The number of hydrogen-bond acceptors (Lipinski definition) is 5. The standard InChI is InChI=1S/C10H12ClN3O3/c1-17-10-12-4-7(11)8(13-10)14-3-2-6(5-14)9(15)16/h4,6H,2-3,5H2,1H3,(H,15,16). The normalized spacial score (nSPS) is 19.4. The van der Waals surface area contributed by atoms with Gasteiger partial charge >= 0.3 is 12.0 Å². The average molecular weight is 258 g/mol. The largest absolute Gasteiger partial charge is 0.481 e. The Morgan fingerprint density at radius 1 is 1.71 bits per heavy atom. The van der Waals surface area contributed by atoms with Crippen molar-refractivity contribution in [2.24, 2.45) is 5.92 Å². The summed E-state index contributed by atoms with van der Waals surface area (Å²) in [5, 5.41) is 9.33. The van der Waals surface area contributed by atoms with Crippen LogP contribution in [0.5, 0.6) is 6.01 Å². The molecule has 1 aromatic heterocycles. The zero-order valence-electron chi connectivity index (χ0n) is 9.26. The van der Waals surface area contributed by atoms with E-state index >= 15 is 0 Å². The van der Waals surface area contributed by atoms with Crippen LogP contribution in [0.15, 0.2) is 6.20 Å². The smallest absolute Gasteiger partial charge is 0.318 e. The molecule has 0 amide bonds. The first-order valence-corrected chi connectivity index (χ1v) is 5.54. The molecule has 0 saturated carbocycles.